The average Bonchev–Trinajstić information content (AvgIpc) is 2.32. The van der Waals surface area contributed by atoms with Crippen LogP contribution in [0.3, 0.4) is 0 Å². The molecule has 0 bridgehead atoms. The molecule has 3 heteroatoms. The number of hydrogen-bond donors (Lipinski definition) is 1. The predicted molar refractivity (Wildman–Crippen MR) is 65.1 cm³/mol. The van der Waals surface area contributed by atoms with E-state index in [2.05, 4.69) is 12.2 Å². The molecule has 0 aromatic heterocycles. The first-order valence-electron chi connectivity index (χ1n) is 5.27. The summed E-state index contributed by atoms with van der Waals surface area (Å²) in [7, 11) is 3.26. The first-order valence-corrected chi connectivity index (χ1v) is 5.27. The van der Waals surface area contributed by atoms with Crippen molar-refractivity contribution in [2.75, 3.05) is 26.1 Å². The lowest BCUT2D eigenvalue weighted by Crippen LogP contribution is -1.97. The van der Waals surface area contributed by atoms with Crippen molar-refractivity contribution in [1.29, 1.82) is 0 Å². The van der Waals surface area contributed by atoms with E-state index in [1.54, 1.807) is 14.2 Å². The van der Waals surface area contributed by atoms with Gasteiger partial charge in [0, 0.05) is 18.3 Å². The Morgan fingerprint density at radius 3 is 2.13 bits per heavy atom. The zero-order valence-corrected chi connectivity index (χ0v) is 10.3. The van der Waals surface area contributed by atoms with Crippen LogP contribution in [0.15, 0.2) is 18.2 Å². The van der Waals surface area contributed by atoms with Gasteiger partial charge in [0.1, 0.15) is 0 Å². The second kappa shape index (κ2) is 7.97. The largest absolute Gasteiger partial charge is 0.493 e. The molecule has 0 heterocycles. The molecule has 0 aliphatic heterocycles. The number of nitrogens with one attached hydrogen (secondary N) is 1. The summed E-state index contributed by atoms with van der Waals surface area (Å²) in [5.41, 5.74) is 1.04. The fourth-order valence-electron chi connectivity index (χ4n) is 1.15. The smallest absolute Gasteiger partial charge is 0.162 e. The van der Waals surface area contributed by atoms with Gasteiger partial charge in [-0.1, -0.05) is 13.8 Å². The summed E-state index contributed by atoms with van der Waals surface area (Å²) in [5.74, 6) is 1.50. The van der Waals surface area contributed by atoms with Crippen molar-refractivity contribution in [3.05, 3.63) is 18.2 Å². The first kappa shape index (κ1) is 13.6. The molecular formula is C12H21NO2. The molecule has 1 N–H and O–H groups in total. The highest BCUT2D eigenvalue weighted by molar-refractivity contribution is 5.54. The van der Waals surface area contributed by atoms with E-state index in [1.165, 1.54) is 0 Å². The van der Waals surface area contributed by atoms with Crippen molar-refractivity contribution in [1.82, 2.24) is 0 Å². The monoisotopic (exact) mass is 211 g/mol. The van der Waals surface area contributed by atoms with Gasteiger partial charge in [0.15, 0.2) is 11.5 Å². The van der Waals surface area contributed by atoms with Gasteiger partial charge in [-0.25, -0.2) is 0 Å². The second-order valence-corrected chi connectivity index (χ2v) is 2.60. The average molecular weight is 211 g/mol. The lowest BCUT2D eigenvalue weighted by Gasteiger charge is -2.09. The van der Waals surface area contributed by atoms with Gasteiger partial charge in [-0.05, 0) is 19.1 Å². The summed E-state index contributed by atoms with van der Waals surface area (Å²) in [6.45, 7) is 6.95. The number of rotatable bonds is 4. The Hall–Kier alpha value is -1.38. The number of ether oxygens (including phenoxy) is 2. The Bertz CT molecular complexity index is 274. The molecule has 3 nitrogen and oxygen atoms in total. The van der Waals surface area contributed by atoms with Gasteiger partial charge in [-0.3, -0.25) is 0 Å². The van der Waals surface area contributed by atoms with Crippen LogP contribution in [0.2, 0.25) is 0 Å². The summed E-state index contributed by atoms with van der Waals surface area (Å²) in [4.78, 5) is 0. The Labute approximate surface area is 92.4 Å². The summed E-state index contributed by atoms with van der Waals surface area (Å²) in [6, 6.07) is 5.77. The summed E-state index contributed by atoms with van der Waals surface area (Å²) < 4.78 is 10.3. The molecule has 1 aromatic carbocycles. The molecule has 0 fully saturated rings. The maximum Gasteiger partial charge on any atom is 0.162 e. The van der Waals surface area contributed by atoms with Crippen LogP contribution in [-0.2, 0) is 0 Å². The molecular weight excluding hydrogens is 190 g/mol. The molecule has 15 heavy (non-hydrogen) atoms. The van der Waals surface area contributed by atoms with Crippen molar-refractivity contribution in [2.24, 2.45) is 0 Å². The van der Waals surface area contributed by atoms with Crippen LogP contribution in [0, 0.1) is 0 Å². The minimum Gasteiger partial charge on any atom is -0.493 e. The Kier molecular flexibility index (Phi) is 7.24. The van der Waals surface area contributed by atoms with E-state index in [0.717, 1.165) is 23.7 Å². The quantitative estimate of drug-likeness (QED) is 0.829. The number of anilines is 1. The predicted octanol–water partition coefficient (Wildman–Crippen LogP) is 3.16. The van der Waals surface area contributed by atoms with Crippen LogP contribution in [0.1, 0.15) is 20.8 Å². The van der Waals surface area contributed by atoms with Crippen LogP contribution >= 0.6 is 0 Å². The highest BCUT2D eigenvalue weighted by Gasteiger charge is 2.02. The van der Waals surface area contributed by atoms with E-state index in [0.29, 0.717) is 0 Å². The van der Waals surface area contributed by atoms with Crippen LogP contribution in [0.4, 0.5) is 5.69 Å². The Balaban J connectivity index is 0.000000921. The van der Waals surface area contributed by atoms with Crippen molar-refractivity contribution < 1.29 is 9.47 Å². The van der Waals surface area contributed by atoms with E-state index in [1.807, 2.05) is 32.0 Å². The molecule has 1 rings (SSSR count). The molecule has 0 unspecified atom stereocenters. The van der Waals surface area contributed by atoms with Crippen LogP contribution in [-0.4, -0.2) is 20.8 Å². The maximum absolute atomic E-state index is 5.16. The van der Waals surface area contributed by atoms with Crippen LogP contribution in [0.25, 0.3) is 0 Å². The lowest BCUT2D eigenvalue weighted by atomic mass is 10.2. The van der Waals surface area contributed by atoms with Gasteiger partial charge < -0.3 is 14.8 Å². The summed E-state index contributed by atoms with van der Waals surface area (Å²) in [6.07, 6.45) is 0. The van der Waals surface area contributed by atoms with Gasteiger partial charge in [0.25, 0.3) is 0 Å². The van der Waals surface area contributed by atoms with Gasteiger partial charge in [0.05, 0.1) is 14.2 Å². The molecule has 0 spiro atoms. The minimum absolute atomic E-state index is 0.751. The number of benzene rings is 1. The van der Waals surface area contributed by atoms with Crippen LogP contribution < -0.4 is 14.8 Å². The van der Waals surface area contributed by atoms with E-state index in [-0.39, 0.29) is 0 Å². The SMILES string of the molecule is CC.CCNc1ccc(OC)c(OC)c1. The maximum atomic E-state index is 5.16. The fraction of sp³-hybridized carbons (Fsp3) is 0.500. The third-order valence-corrected chi connectivity index (χ3v) is 1.76. The number of hydrogen-bond acceptors (Lipinski definition) is 3. The van der Waals surface area contributed by atoms with E-state index >= 15 is 0 Å². The van der Waals surface area contributed by atoms with Crippen molar-refractivity contribution in [3.8, 4) is 11.5 Å². The molecule has 0 atom stereocenters. The van der Waals surface area contributed by atoms with Crippen molar-refractivity contribution in [3.63, 3.8) is 0 Å². The van der Waals surface area contributed by atoms with Gasteiger partial charge in [-0.15, -0.1) is 0 Å². The third-order valence-electron chi connectivity index (χ3n) is 1.76. The van der Waals surface area contributed by atoms with E-state index in [9.17, 15) is 0 Å². The molecule has 0 saturated heterocycles. The van der Waals surface area contributed by atoms with Crippen LogP contribution in [0.5, 0.6) is 11.5 Å². The van der Waals surface area contributed by atoms with Crippen molar-refractivity contribution >= 4 is 5.69 Å². The first-order chi connectivity index (χ1) is 7.31. The highest BCUT2D eigenvalue weighted by Crippen LogP contribution is 2.29. The second-order valence-electron chi connectivity index (χ2n) is 2.60. The van der Waals surface area contributed by atoms with Gasteiger partial charge in [0.2, 0.25) is 0 Å². The molecule has 0 aliphatic rings. The topological polar surface area (TPSA) is 30.5 Å². The van der Waals surface area contributed by atoms with Gasteiger partial charge in [-0.2, -0.15) is 0 Å². The normalized spacial score (nSPS) is 8.60. The minimum atomic E-state index is 0.751. The van der Waals surface area contributed by atoms with E-state index < -0.39 is 0 Å². The highest BCUT2D eigenvalue weighted by atomic mass is 16.5. The fourth-order valence-corrected chi connectivity index (χ4v) is 1.15. The van der Waals surface area contributed by atoms with Gasteiger partial charge >= 0.3 is 0 Å². The zero-order valence-electron chi connectivity index (χ0n) is 10.3. The Morgan fingerprint density at radius 2 is 1.67 bits per heavy atom. The third kappa shape index (κ3) is 4.11. The molecule has 0 saturated carbocycles. The molecule has 0 amide bonds. The molecule has 0 aliphatic carbocycles. The summed E-state index contributed by atoms with van der Waals surface area (Å²) in [5, 5.41) is 3.20. The number of methoxy groups -OCH3 is 2. The van der Waals surface area contributed by atoms with E-state index in [4.69, 9.17) is 9.47 Å². The van der Waals surface area contributed by atoms with Crippen molar-refractivity contribution in [2.45, 2.75) is 20.8 Å². The molecule has 1 aromatic rings. The molecule has 0 radical (unpaired) electrons. The standard InChI is InChI=1S/C10H15NO2.C2H6/c1-4-11-8-5-6-9(12-2)10(7-8)13-3;1-2/h5-7,11H,4H2,1-3H3;1-2H3. The lowest BCUT2D eigenvalue weighted by molar-refractivity contribution is 0.355. The summed E-state index contributed by atoms with van der Waals surface area (Å²) >= 11 is 0. The molecule has 86 valence electrons. The Morgan fingerprint density at radius 1 is 1.07 bits per heavy atom. The zero-order chi connectivity index (χ0) is 11.7.